The van der Waals surface area contributed by atoms with Crippen LogP contribution < -0.4 is 0 Å². The molecule has 3 aromatic carbocycles. The zero-order valence-corrected chi connectivity index (χ0v) is 32.9. The second-order valence-corrected chi connectivity index (χ2v) is 16.8. The van der Waals surface area contributed by atoms with Crippen LogP contribution in [0.25, 0.3) is 45.4 Å². The van der Waals surface area contributed by atoms with Crippen LogP contribution in [0.2, 0.25) is 0 Å². The van der Waals surface area contributed by atoms with Gasteiger partial charge in [0.2, 0.25) is 0 Å². The summed E-state index contributed by atoms with van der Waals surface area (Å²) < 4.78 is 18.4. The fourth-order valence-electron chi connectivity index (χ4n) is 6.55. The number of rotatable bonds is 4. The van der Waals surface area contributed by atoms with E-state index in [2.05, 4.69) is 138 Å². The molecule has 48 heavy (non-hydrogen) atoms. The Kier molecular flexibility index (Phi) is 8.32. The Balaban J connectivity index is 0.00000486. The van der Waals surface area contributed by atoms with E-state index in [1.807, 2.05) is 12.1 Å². The maximum Gasteiger partial charge on any atom is 0.165 e. The zero-order chi connectivity index (χ0) is 35.9. The fourth-order valence-corrected chi connectivity index (χ4v) is 6.55. The minimum absolute atomic E-state index is 0. The molecular formula is C43H49IrN4-. The SMILES string of the molecule is [2H]c1[c-]c(-c2ccc(-c3nc(-c4ccc(C(C)(C)C)cc4)nc(-c4ccc(C(C)(C)C)cc4)n3)cn2)c([2H])c2c1C(C)(C)C(C)(C)C2(C)C.[Ir]. The summed E-state index contributed by atoms with van der Waals surface area (Å²) in [5.74, 6) is 1.71. The molecule has 0 saturated carbocycles. The van der Waals surface area contributed by atoms with Crippen LogP contribution in [0.4, 0.5) is 0 Å². The average Bonchev–Trinajstić information content (AvgIpc) is 3.15. The van der Waals surface area contributed by atoms with Gasteiger partial charge in [-0.1, -0.05) is 144 Å². The summed E-state index contributed by atoms with van der Waals surface area (Å²) in [6, 6.07) is 24.7. The molecule has 2 aromatic heterocycles. The van der Waals surface area contributed by atoms with Gasteiger partial charge in [-0.05, 0) is 45.3 Å². The van der Waals surface area contributed by atoms with Gasteiger partial charge in [0.05, 0.1) is 0 Å². The molecule has 0 fully saturated rings. The first-order chi connectivity index (χ1) is 22.6. The van der Waals surface area contributed by atoms with Gasteiger partial charge in [-0.2, -0.15) is 0 Å². The third-order valence-electron chi connectivity index (χ3n) is 11.1. The molecule has 0 N–H and O–H groups in total. The molecule has 0 aliphatic heterocycles. The Morgan fingerprint density at radius 2 is 1.00 bits per heavy atom. The summed E-state index contributed by atoms with van der Waals surface area (Å²) >= 11 is 0. The topological polar surface area (TPSA) is 51.6 Å². The van der Waals surface area contributed by atoms with E-state index in [4.69, 9.17) is 21.3 Å². The molecule has 1 radical (unpaired) electrons. The molecule has 1 aliphatic carbocycles. The van der Waals surface area contributed by atoms with E-state index in [9.17, 15) is 1.37 Å². The van der Waals surface area contributed by atoms with E-state index in [-0.39, 0.29) is 47.2 Å². The van der Waals surface area contributed by atoms with E-state index >= 15 is 0 Å². The molecule has 1 aliphatic rings. The molecule has 0 bridgehead atoms. The van der Waals surface area contributed by atoms with Crippen molar-refractivity contribution < 1.29 is 22.8 Å². The normalized spacial score (nSPS) is 16.8. The van der Waals surface area contributed by atoms with Crippen molar-refractivity contribution in [2.75, 3.05) is 0 Å². The van der Waals surface area contributed by atoms with Crippen LogP contribution in [0.5, 0.6) is 0 Å². The molecular weight excluding hydrogens is 765 g/mol. The Bertz CT molecular complexity index is 1970. The van der Waals surface area contributed by atoms with Crippen molar-refractivity contribution in [1.29, 1.82) is 0 Å². The van der Waals surface area contributed by atoms with Crippen LogP contribution in [0.3, 0.4) is 0 Å². The predicted molar refractivity (Wildman–Crippen MR) is 195 cm³/mol. The van der Waals surface area contributed by atoms with Gasteiger partial charge in [0.15, 0.2) is 17.5 Å². The van der Waals surface area contributed by atoms with Gasteiger partial charge in [0, 0.05) is 44.4 Å². The largest absolute Gasteiger partial charge is 0.304 e. The van der Waals surface area contributed by atoms with Gasteiger partial charge in [-0.25, -0.2) is 15.0 Å². The van der Waals surface area contributed by atoms with Crippen molar-refractivity contribution in [3.63, 3.8) is 0 Å². The maximum atomic E-state index is 9.35. The van der Waals surface area contributed by atoms with Crippen LogP contribution >= 0.6 is 0 Å². The standard InChI is InChI=1S/C43H49N4.Ir/c1-39(2,3)31-19-13-27(14-20-31)36-45-37(28-15-21-32(22-16-28)40(4,5)6)47-38(46-36)30-18-24-35(44-26-30)29-17-23-33-34(25-29)42(9,10)43(11,12)41(33,7)8;/h13-16,18-26H,1-12H3;/q-1;/i23D,25D;. The Morgan fingerprint density at radius 3 is 1.42 bits per heavy atom. The molecule has 0 amide bonds. The molecule has 4 nitrogen and oxygen atoms in total. The van der Waals surface area contributed by atoms with E-state index in [1.54, 1.807) is 6.20 Å². The zero-order valence-electron chi connectivity index (χ0n) is 32.5. The minimum atomic E-state index is -0.309. The van der Waals surface area contributed by atoms with Crippen molar-refractivity contribution in [2.24, 2.45) is 5.41 Å². The van der Waals surface area contributed by atoms with Crippen LogP contribution in [-0.4, -0.2) is 19.9 Å². The van der Waals surface area contributed by atoms with E-state index in [1.165, 1.54) is 11.1 Å². The number of hydrogen-bond donors (Lipinski definition) is 0. The summed E-state index contributed by atoms with van der Waals surface area (Å²) in [5, 5.41) is 0. The number of pyridine rings is 1. The second-order valence-electron chi connectivity index (χ2n) is 16.8. The minimum Gasteiger partial charge on any atom is -0.304 e. The van der Waals surface area contributed by atoms with Gasteiger partial charge in [-0.3, -0.25) is 0 Å². The van der Waals surface area contributed by atoms with Gasteiger partial charge in [-0.15, -0.1) is 34.8 Å². The van der Waals surface area contributed by atoms with E-state index in [0.29, 0.717) is 40.8 Å². The van der Waals surface area contributed by atoms with Gasteiger partial charge in [0.25, 0.3) is 0 Å². The van der Waals surface area contributed by atoms with Crippen molar-refractivity contribution >= 4 is 0 Å². The smallest absolute Gasteiger partial charge is 0.165 e. The monoisotopic (exact) mass is 816 g/mol. The van der Waals surface area contributed by atoms with Gasteiger partial charge in [0.1, 0.15) is 0 Å². The quantitative estimate of drug-likeness (QED) is 0.170. The number of nitrogens with zero attached hydrogens (tertiary/aromatic N) is 4. The summed E-state index contributed by atoms with van der Waals surface area (Å²) in [5.41, 5.74) is 7.38. The molecule has 5 aromatic rings. The second kappa shape index (κ2) is 12.1. The Hall–Kier alpha value is -3.53. The molecule has 5 heteroatoms. The first kappa shape index (κ1) is 33.0. The summed E-state index contributed by atoms with van der Waals surface area (Å²) in [6.45, 7) is 26.5. The number of fused-ring (bicyclic) bond motifs is 1. The van der Waals surface area contributed by atoms with Crippen LogP contribution in [0.1, 0.15) is 108 Å². The molecule has 0 atom stereocenters. The van der Waals surface area contributed by atoms with Crippen LogP contribution in [0.15, 0.2) is 78.9 Å². The first-order valence-electron chi connectivity index (χ1n) is 17.7. The van der Waals surface area contributed by atoms with Crippen LogP contribution in [0, 0.1) is 11.5 Å². The number of hydrogen-bond acceptors (Lipinski definition) is 4. The van der Waals surface area contributed by atoms with Crippen molar-refractivity contribution in [3.8, 4) is 45.4 Å². The summed E-state index contributed by atoms with van der Waals surface area (Å²) in [7, 11) is 0. The van der Waals surface area contributed by atoms with E-state index in [0.717, 1.165) is 27.8 Å². The van der Waals surface area contributed by atoms with Crippen LogP contribution in [-0.2, 0) is 41.8 Å². The van der Waals surface area contributed by atoms with E-state index < -0.39 is 0 Å². The average molecular weight is 816 g/mol. The summed E-state index contributed by atoms with van der Waals surface area (Å²) in [4.78, 5) is 19.7. The first-order valence-corrected chi connectivity index (χ1v) is 16.7. The van der Waals surface area contributed by atoms with Crippen molar-refractivity contribution in [3.05, 3.63) is 107 Å². The molecule has 0 spiro atoms. The fraction of sp³-hybridized carbons (Fsp3) is 0.395. The molecule has 251 valence electrons. The maximum absolute atomic E-state index is 9.35. The summed E-state index contributed by atoms with van der Waals surface area (Å²) in [6.07, 6.45) is 1.76. The Morgan fingerprint density at radius 1 is 0.583 bits per heavy atom. The van der Waals surface area contributed by atoms with Gasteiger partial charge < -0.3 is 4.98 Å². The Labute approximate surface area is 304 Å². The molecule has 0 saturated heterocycles. The third kappa shape index (κ3) is 6.09. The van der Waals surface area contributed by atoms with Gasteiger partial charge >= 0.3 is 0 Å². The number of aromatic nitrogens is 4. The molecule has 0 unspecified atom stereocenters. The molecule has 2 heterocycles. The predicted octanol–water partition coefficient (Wildman–Crippen LogP) is 10.9. The van der Waals surface area contributed by atoms with Crippen molar-refractivity contribution in [2.45, 2.75) is 105 Å². The van der Waals surface area contributed by atoms with Crippen molar-refractivity contribution in [1.82, 2.24) is 19.9 Å². The number of benzene rings is 3. The third-order valence-corrected chi connectivity index (χ3v) is 11.1. The molecule has 6 rings (SSSR count).